The highest BCUT2D eigenvalue weighted by Crippen LogP contribution is 2.36. The fraction of sp³-hybridized carbons (Fsp3) is 0.304. The Morgan fingerprint density at radius 1 is 1.23 bits per heavy atom. The maximum Gasteiger partial charge on any atom is 0.226 e. The number of benzene rings is 2. The van der Waals surface area contributed by atoms with E-state index < -0.39 is 0 Å². The molecule has 0 bridgehead atoms. The van der Waals surface area contributed by atoms with Gasteiger partial charge in [-0.05, 0) is 71.9 Å². The second kappa shape index (κ2) is 10.9. The summed E-state index contributed by atoms with van der Waals surface area (Å²) >= 11 is 14.8. The fourth-order valence-electron chi connectivity index (χ4n) is 3.08. The number of ether oxygens (including phenoxy) is 1. The minimum Gasteiger partial charge on any atom is -0.492 e. The number of hydrogen-bond donors (Lipinski definition) is 1. The Hall–Kier alpha value is -1.41. The Morgan fingerprint density at radius 2 is 1.94 bits per heavy atom. The van der Waals surface area contributed by atoms with Gasteiger partial charge in [-0.15, -0.1) is 11.3 Å². The maximum atomic E-state index is 12.4. The fourth-order valence-corrected chi connectivity index (χ4v) is 4.97. The van der Waals surface area contributed by atoms with Crippen LogP contribution in [0.4, 0.5) is 5.13 Å². The van der Waals surface area contributed by atoms with E-state index in [4.69, 9.17) is 16.3 Å². The molecule has 0 unspecified atom stereocenters. The molecule has 1 aromatic heterocycles. The summed E-state index contributed by atoms with van der Waals surface area (Å²) in [7, 11) is 0. The molecule has 2 aromatic carbocycles. The van der Waals surface area contributed by atoms with E-state index in [-0.39, 0.29) is 5.91 Å². The molecule has 31 heavy (non-hydrogen) atoms. The SMILES string of the molecule is CCc1sc(NC(=O)CCCOc2cc(C)c(Cl)c(C)c2Br)nc1-c1ccc(Br)cc1. The van der Waals surface area contributed by atoms with Gasteiger partial charge in [0.15, 0.2) is 5.13 Å². The number of rotatable bonds is 8. The molecule has 0 radical (unpaired) electrons. The highest BCUT2D eigenvalue weighted by atomic mass is 79.9. The molecular weight excluding hydrogens is 564 g/mol. The van der Waals surface area contributed by atoms with Crippen molar-refractivity contribution < 1.29 is 9.53 Å². The molecule has 0 atom stereocenters. The Bertz CT molecular complexity index is 1080. The maximum absolute atomic E-state index is 12.4. The standard InChI is InChI=1S/C23H23Br2ClN2O2S/c1-4-18-22(15-7-9-16(24)10-8-15)28-23(31-18)27-19(29)6-5-11-30-17-12-13(2)21(26)14(3)20(17)25/h7-10,12H,4-6,11H2,1-3H3,(H,27,28,29). The third-order valence-electron chi connectivity index (χ3n) is 4.76. The number of nitrogens with zero attached hydrogens (tertiary/aromatic N) is 1. The first-order valence-electron chi connectivity index (χ1n) is 9.93. The van der Waals surface area contributed by atoms with Crippen LogP contribution in [0.15, 0.2) is 39.3 Å². The molecule has 1 amide bonds. The lowest BCUT2D eigenvalue weighted by molar-refractivity contribution is -0.116. The van der Waals surface area contributed by atoms with Gasteiger partial charge in [0.2, 0.25) is 5.91 Å². The first kappa shape index (κ1) is 24.2. The predicted molar refractivity (Wildman–Crippen MR) is 137 cm³/mol. The van der Waals surface area contributed by atoms with Crippen molar-refractivity contribution in [3.63, 3.8) is 0 Å². The summed E-state index contributed by atoms with van der Waals surface area (Å²) < 4.78 is 7.73. The zero-order valence-electron chi connectivity index (χ0n) is 17.5. The summed E-state index contributed by atoms with van der Waals surface area (Å²) in [6, 6.07) is 9.95. The Balaban J connectivity index is 1.55. The van der Waals surface area contributed by atoms with Crippen molar-refractivity contribution in [1.29, 1.82) is 0 Å². The molecule has 0 spiro atoms. The van der Waals surface area contributed by atoms with Crippen LogP contribution in [0, 0.1) is 13.8 Å². The van der Waals surface area contributed by atoms with Crippen molar-refractivity contribution in [2.75, 3.05) is 11.9 Å². The monoisotopic (exact) mass is 584 g/mol. The van der Waals surface area contributed by atoms with Gasteiger partial charge in [0.25, 0.3) is 0 Å². The van der Waals surface area contributed by atoms with Gasteiger partial charge in [-0.25, -0.2) is 4.98 Å². The van der Waals surface area contributed by atoms with Crippen LogP contribution >= 0.6 is 54.8 Å². The first-order chi connectivity index (χ1) is 14.8. The van der Waals surface area contributed by atoms with Crippen LogP contribution in [0.1, 0.15) is 35.8 Å². The van der Waals surface area contributed by atoms with E-state index in [1.165, 1.54) is 11.3 Å². The van der Waals surface area contributed by atoms with Gasteiger partial charge < -0.3 is 10.1 Å². The first-order valence-corrected chi connectivity index (χ1v) is 12.7. The highest BCUT2D eigenvalue weighted by molar-refractivity contribution is 9.10. The van der Waals surface area contributed by atoms with Crippen molar-refractivity contribution in [2.45, 2.75) is 40.0 Å². The van der Waals surface area contributed by atoms with Crippen molar-refractivity contribution in [3.05, 3.63) is 60.3 Å². The molecule has 1 N–H and O–H groups in total. The van der Waals surface area contributed by atoms with Crippen LogP contribution in [-0.2, 0) is 11.2 Å². The Morgan fingerprint density at radius 3 is 2.61 bits per heavy atom. The molecule has 3 rings (SSSR count). The minimum atomic E-state index is -0.0649. The lowest BCUT2D eigenvalue weighted by Crippen LogP contribution is -2.12. The quantitative estimate of drug-likeness (QED) is 0.273. The van der Waals surface area contributed by atoms with Gasteiger partial charge in [-0.1, -0.05) is 46.6 Å². The summed E-state index contributed by atoms with van der Waals surface area (Å²) in [6.07, 6.45) is 1.82. The summed E-state index contributed by atoms with van der Waals surface area (Å²) in [5, 5.41) is 4.30. The number of carbonyl (C=O) groups excluding carboxylic acids is 1. The number of thiazole rings is 1. The summed E-state index contributed by atoms with van der Waals surface area (Å²) in [4.78, 5) is 18.2. The lowest BCUT2D eigenvalue weighted by atomic mass is 10.1. The Kier molecular flexibility index (Phi) is 8.56. The third-order valence-corrected chi connectivity index (χ3v) is 7.97. The van der Waals surface area contributed by atoms with Gasteiger partial charge in [-0.3, -0.25) is 4.79 Å². The Labute approximate surface area is 208 Å². The highest BCUT2D eigenvalue weighted by Gasteiger charge is 2.14. The summed E-state index contributed by atoms with van der Waals surface area (Å²) in [5.41, 5.74) is 3.89. The molecule has 0 saturated carbocycles. The average Bonchev–Trinajstić information content (AvgIpc) is 3.16. The number of halogens is 3. The largest absolute Gasteiger partial charge is 0.492 e. The van der Waals surface area contributed by atoms with Crippen LogP contribution in [-0.4, -0.2) is 17.5 Å². The number of nitrogens with one attached hydrogen (secondary N) is 1. The molecule has 0 aliphatic heterocycles. The van der Waals surface area contributed by atoms with Crippen LogP contribution < -0.4 is 10.1 Å². The van der Waals surface area contributed by atoms with Gasteiger partial charge in [0.1, 0.15) is 5.75 Å². The molecule has 4 nitrogen and oxygen atoms in total. The molecule has 8 heteroatoms. The molecule has 0 fully saturated rings. The lowest BCUT2D eigenvalue weighted by Gasteiger charge is -2.13. The van der Waals surface area contributed by atoms with E-state index >= 15 is 0 Å². The number of anilines is 1. The molecule has 3 aromatic rings. The smallest absolute Gasteiger partial charge is 0.226 e. The molecular formula is C23H23Br2ClN2O2S. The third kappa shape index (κ3) is 6.09. The van der Waals surface area contributed by atoms with Gasteiger partial charge >= 0.3 is 0 Å². The van der Waals surface area contributed by atoms with Crippen LogP contribution in [0.25, 0.3) is 11.3 Å². The van der Waals surface area contributed by atoms with Gasteiger partial charge in [0.05, 0.1) is 16.8 Å². The summed E-state index contributed by atoms with van der Waals surface area (Å²) in [6.45, 7) is 6.43. The van der Waals surface area contributed by atoms with E-state index in [0.717, 1.165) is 53.4 Å². The van der Waals surface area contributed by atoms with E-state index in [1.807, 2.05) is 44.2 Å². The normalized spacial score (nSPS) is 10.9. The molecule has 1 heterocycles. The second-order valence-electron chi connectivity index (χ2n) is 7.10. The zero-order chi connectivity index (χ0) is 22.5. The van der Waals surface area contributed by atoms with Crippen molar-refractivity contribution in [1.82, 2.24) is 4.98 Å². The zero-order valence-corrected chi connectivity index (χ0v) is 22.3. The molecule has 0 aliphatic rings. The number of aromatic nitrogens is 1. The van der Waals surface area contributed by atoms with Gasteiger partial charge in [0, 0.05) is 26.4 Å². The van der Waals surface area contributed by atoms with Crippen molar-refractivity contribution >= 4 is 65.8 Å². The van der Waals surface area contributed by atoms with E-state index in [2.05, 4.69) is 49.1 Å². The van der Waals surface area contributed by atoms with Crippen LogP contribution in [0.2, 0.25) is 5.02 Å². The summed E-state index contributed by atoms with van der Waals surface area (Å²) in [5.74, 6) is 0.677. The molecule has 0 aliphatic carbocycles. The van der Waals surface area contributed by atoms with Crippen molar-refractivity contribution in [3.8, 4) is 17.0 Å². The topological polar surface area (TPSA) is 51.2 Å². The predicted octanol–water partition coefficient (Wildman–Crippen LogP) is 7.97. The number of aryl methyl sites for hydroxylation is 2. The number of amides is 1. The van der Waals surface area contributed by atoms with Crippen molar-refractivity contribution in [2.24, 2.45) is 0 Å². The van der Waals surface area contributed by atoms with Gasteiger partial charge in [-0.2, -0.15) is 0 Å². The minimum absolute atomic E-state index is 0.0649. The molecule has 0 saturated heterocycles. The second-order valence-corrected chi connectivity index (χ2v) is 10.3. The van der Waals surface area contributed by atoms with E-state index in [1.54, 1.807) is 0 Å². The van der Waals surface area contributed by atoms with E-state index in [0.29, 0.717) is 24.6 Å². The number of hydrogen-bond acceptors (Lipinski definition) is 4. The van der Waals surface area contributed by atoms with E-state index in [9.17, 15) is 4.79 Å². The average molecular weight is 587 g/mol. The number of carbonyl (C=O) groups is 1. The molecule has 164 valence electrons. The van der Waals surface area contributed by atoms with Crippen LogP contribution in [0.5, 0.6) is 5.75 Å². The van der Waals surface area contributed by atoms with Crippen LogP contribution in [0.3, 0.4) is 0 Å².